The number of aryl methyl sites for hydroxylation is 1. The molecule has 0 fully saturated rings. The van der Waals surface area contributed by atoms with Crippen molar-refractivity contribution in [2.75, 3.05) is 13.2 Å². The Balaban J connectivity index is 2.72. The summed E-state index contributed by atoms with van der Waals surface area (Å²) in [5.41, 5.74) is 2.28. The molecule has 0 saturated heterocycles. The first kappa shape index (κ1) is 17.5. The van der Waals surface area contributed by atoms with Crippen molar-refractivity contribution in [3.8, 4) is 5.75 Å². The molecule has 21 heavy (non-hydrogen) atoms. The van der Waals surface area contributed by atoms with Crippen molar-refractivity contribution in [1.29, 1.82) is 0 Å². The minimum absolute atomic E-state index is 0.0548. The number of benzene rings is 1. The van der Waals surface area contributed by atoms with Gasteiger partial charge in [-0.25, -0.2) is 0 Å². The predicted octanol–water partition coefficient (Wildman–Crippen LogP) is 2.96. The molecule has 0 bridgehead atoms. The molecule has 4 heteroatoms. The molecular formula is C17H28N2O2. The fourth-order valence-corrected chi connectivity index (χ4v) is 2.12. The maximum atomic E-state index is 11.8. The predicted molar refractivity (Wildman–Crippen MR) is 86.7 cm³/mol. The fraction of sp³-hybridized carbons (Fsp3) is 0.588. The molecule has 0 aliphatic carbocycles. The lowest BCUT2D eigenvalue weighted by Crippen LogP contribution is -2.35. The molecule has 2 atom stereocenters. The Labute approximate surface area is 128 Å². The number of nitrogens with one attached hydrogen (secondary N) is 2. The third kappa shape index (κ3) is 5.76. The number of ether oxygens (including phenoxy) is 1. The molecule has 0 radical (unpaired) electrons. The SMILES string of the molecule is CCNC(C)c1cc(C)ccc1OCC(=O)NC(C)CC. The van der Waals surface area contributed by atoms with Gasteiger partial charge in [-0.2, -0.15) is 0 Å². The number of hydrogen-bond donors (Lipinski definition) is 2. The van der Waals surface area contributed by atoms with Gasteiger partial charge in [-0.05, 0) is 39.8 Å². The van der Waals surface area contributed by atoms with E-state index in [1.165, 1.54) is 5.56 Å². The highest BCUT2D eigenvalue weighted by Crippen LogP contribution is 2.26. The second-order valence-corrected chi connectivity index (χ2v) is 5.49. The van der Waals surface area contributed by atoms with Crippen molar-refractivity contribution in [3.63, 3.8) is 0 Å². The number of rotatable bonds is 8. The van der Waals surface area contributed by atoms with Gasteiger partial charge in [0.2, 0.25) is 0 Å². The summed E-state index contributed by atoms with van der Waals surface area (Å²) >= 11 is 0. The fourth-order valence-electron chi connectivity index (χ4n) is 2.12. The van der Waals surface area contributed by atoms with Gasteiger partial charge in [0.25, 0.3) is 5.91 Å². The van der Waals surface area contributed by atoms with Crippen LogP contribution in [0.1, 0.15) is 51.3 Å². The molecule has 4 nitrogen and oxygen atoms in total. The first-order chi connectivity index (χ1) is 9.97. The summed E-state index contributed by atoms with van der Waals surface area (Å²) in [4.78, 5) is 11.8. The minimum Gasteiger partial charge on any atom is -0.483 e. The van der Waals surface area contributed by atoms with Gasteiger partial charge in [0.15, 0.2) is 6.61 Å². The van der Waals surface area contributed by atoms with Gasteiger partial charge in [0.1, 0.15) is 5.75 Å². The van der Waals surface area contributed by atoms with Gasteiger partial charge >= 0.3 is 0 Å². The third-order valence-corrected chi connectivity index (χ3v) is 3.52. The lowest BCUT2D eigenvalue weighted by atomic mass is 10.0. The Bertz CT molecular complexity index is 460. The van der Waals surface area contributed by atoms with Crippen LogP contribution >= 0.6 is 0 Å². The first-order valence-electron chi connectivity index (χ1n) is 7.74. The topological polar surface area (TPSA) is 50.4 Å². The highest BCUT2D eigenvalue weighted by Gasteiger charge is 2.13. The van der Waals surface area contributed by atoms with Crippen molar-refractivity contribution in [3.05, 3.63) is 29.3 Å². The van der Waals surface area contributed by atoms with Gasteiger partial charge in [-0.1, -0.05) is 31.5 Å². The number of amides is 1. The Morgan fingerprint density at radius 1 is 1.29 bits per heavy atom. The molecule has 1 aromatic carbocycles. The number of carbonyl (C=O) groups excluding carboxylic acids is 1. The highest BCUT2D eigenvalue weighted by molar-refractivity contribution is 5.77. The molecule has 1 amide bonds. The van der Waals surface area contributed by atoms with Gasteiger partial charge in [0, 0.05) is 17.6 Å². The molecule has 0 heterocycles. The Morgan fingerprint density at radius 3 is 2.62 bits per heavy atom. The molecule has 1 aromatic rings. The Hall–Kier alpha value is -1.55. The molecule has 0 spiro atoms. The van der Waals surface area contributed by atoms with Crippen LogP contribution in [-0.4, -0.2) is 25.1 Å². The van der Waals surface area contributed by atoms with Crippen LogP contribution in [0.4, 0.5) is 0 Å². The van der Waals surface area contributed by atoms with E-state index in [2.05, 4.69) is 37.5 Å². The zero-order chi connectivity index (χ0) is 15.8. The highest BCUT2D eigenvalue weighted by atomic mass is 16.5. The molecule has 0 aliphatic heterocycles. The lowest BCUT2D eigenvalue weighted by Gasteiger charge is -2.19. The minimum atomic E-state index is -0.0769. The van der Waals surface area contributed by atoms with Crippen LogP contribution in [0.25, 0.3) is 0 Å². The summed E-state index contributed by atoms with van der Waals surface area (Å²) in [6.07, 6.45) is 0.916. The molecule has 0 aromatic heterocycles. The summed E-state index contributed by atoms with van der Waals surface area (Å²) in [7, 11) is 0. The largest absolute Gasteiger partial charge is 0.483 e. The van der Waals surface area contributed by atoms with Crippen LogP contribution < -0.4 is 15.4 Å². The van der Waals surface area contributed by atoms with Crippen LogP contribution in [0.15, 0.2) is 18.2 Å². The van der Waals surface area contributed by atoms with Crippen molar-refractivity contribution in [2.45, 2.75) is 53.1 Å². The lowest BCUT2D eigenvalue weighted by molar-refractivity contribution is -0.123. The smallest absolute Gasteiger partial charge is 0.258 e. The van der Waals surface area contributed by atoms with E-state index in [4.69, 9.17) is 4.74 Å². The first-order valence-corrected chi connectivity index (χ1v) is 7.74. The molecule has 0 aliphatic rings. The second-order valence-electron chi connectivity index (χ2n) is 5.49. The summed E-state index contributed by atoms with van der Waals surface area (Å²) in [5, 5.41) is 6.28. The molecule has 2 unspecified atom stereocenters. The standard InChI is InChI=1S/C17H28N2O2/c1-6-13(4)19-17(20)11-21-16-9-8-12(3)10-15(16)14(5)18-7-2/h8-10,13-14,18H,6-7,11H2,1-5H3,(H,19,20). The molecule has 2 N–H and O–H groups in total. The quantitative estimate of drug-likeness (QED) is 0.774. The van der Waals surface area contributed by atoms with Crippen molar-refractivity contribution >= 4 is 5.91 Å². The summed E-state index contributed by atoms with van der Waals surface area (Å²) in [6.45, 7) is 11.2. The summed E-state index contributed by atoms with van der Waals surface area (Å²) in [5.74, 6) is 0.695. The van der Waals surface area contributed by atoms with Crippen LogP contribution in [-0.2, 0) is 4.79 Å². The van der Waals surface area contributed by atoms with Gasteiger partial charge in [-0.3, -0.25) is 4.79 Å². The zero-order valence-corrected chi connectivity index (χ0v) is 13.8. The second kappa shape index (κ2) is 8.67. The van der Waals surface area contributed by atoms with Crippen LogP contribution in [0.3, 0.4) is 0 Å². The van der Waals surface area contributed by atoms with Crippen LogP contribution in [0, 0.1) is 6.92 Å². The maximum Gasteiger partial charge on any atom is 0.258 e. The monoisotopic (exact) mass is 292 g/mol. The average molecular weight is 292 g/mol. The van der Waals surface area contributed by atoms with Gasteiger partial charge in [-0.15, -0.1) is 0 Å². The molecule has 1 rings (SSSR count). The molecular weight excluding hydrogens is 264 g/mol. The van der Waals surface area contributed by atoms with Crippen LogP contribution in [0.5, 0.6) is 5.75 Å². The van der Waals surface area contributed by atoms with Crippen molar-refractivity contribution in [1.82, 2.24) is 10.6 Å². The maximum absolute atomic E-state index is 11.8. The zero-order valence-electron chi connectivity index (χ0n) is 13.8. The Morgan fingerprint density at radius 2 is 2.00 bits per heavy atom. The number of carbonyl (C=O) groups is 1. The van der Waals surface area contributed by atoms with Crippen molar-refractivity contribution < 1.29 is 9.53 Å². The van der Waals surface area contributed by atoms with Gasteiger partial charge in [0.05, 0.1) is 0 Å². The van der Waals surface area contributed by atoms with E-state index in [9.17, 15) is 4.79 Å². The number of hydrogen-bond acceptors (Lipinski definition) is 3. The van der Waals surface area contributed by atoms with E-state index in [0.717, 1.165) is 24.3 Å². The van der Waals surface area contributed by atoms with Crippen LogP contribution in [0.2, 0.25) is 0 Å². The van der Waals surface area contributed by atoms with E-state index in [1.54, 1.807) is 0 Å². The normalized spacial score (nSPS) is 13.6. The molecule has 118 valence electrons. The van der Waals surface area contributed by atoms with E-state index >= 15 is 0 Å². The van der Waals surface area contributed by atoms with E-state index in [-0.39, 0.29) is 24.6 Å². The van der Waals surface area contributed by atoms with Crippen molar-refractivity contribution in [2.24, 2.45) is 0 Å². The Kier molecular flexibility index (Phi) is 7.23. The summed E-state index contributed by atoms with van der Waals surface area (Å²) < 4.78 is 5.71. The van der Waals surface area contributed by atoms with Gasteiger partial charge < -0.3 is 15.4 Å². The van der Waals surface area contributed by atoms with E-state index < -0.39 is 0 Å². The summed E-state index contributed by atoms with van der Waals surface area (Å²) in [6, 6.07) is 6.43. The van der Waals surface area contributed by atoms with E-state index in [0.29, 0.717) is 0 Å². The van der Waals surface area contributed by atoms with E-state index in [1.807, 2.05) is 26.0 Å². The molecule has 0 saturated carbocycles. The average Bonchev–Trinajstić information content (AvgIpc) is 2.45. The third-order valence-electron chi connectivity index (χ3n) is 3.52.